The SMILES string of the molecule is CCOC(=O)CN(Cc1ccccc1)C(C(=O)OCC)C(C)C(=O)OCC. The summed E-state index contributed by atoms with van der Waals surface area (Å²) in [6.07, 6.45) is 0. The van der Waals surface area contributed by atoms with Crippen LogP contribution in [0.15, 0.2) is 30.3 Å². The summed E-state index contributed by atoms with van der Waals surface area (Å²) in [6, 6.07) is 8.42. The molecule has 7 nitrogen and oxygen atoms in total. The van der Waals surface area contributed by atoms with E-state index in [9.17, 15) is 14.4 Å². The van der Waals surface area contributed by atoms with E-state index < -0.39 is 29.9 Å². The van der Waals surface area contributed by atoms with Crippen molar-refractivity contribution in [1.82, 2.24) is 4.90 Å². The van der Waals surface area contributed by atoms with E-state index in [-0.39, 0.29) is 32.9 Å². The summed E-state index contributed by atoms with van der Waals surface area (Å²) in [5, 5.41) is 0. The van der Waals surface area contributed by atoms with Crippen LogP contribution in [0, 0.1) is 5.92 Å². The fourth-order valence-electron chi connectivity index (χ4n) is 2.74. The summed E-state index contributed by atoms with van der Waals surface area (Å²) in [5.41, 5.74) is 0.896. The molecule has 0 N–H and O–H groups in total. The Kier molecular flexibility index (Phi) is 10.1. The molecule has 0 heterocycles. The zero-order chi connectivity index (χ0) is 20.2. The molecule has 0 saturated carbocycles. The molecule has 0 saturated heterocycles. The number of ether oxygens (including phenoxy) is 3. The first-order valence-electron chi connectivity index (χ1n) is 9.21. The van der Waals surface area contributed by atoms with Crippen molar-refractivity contribution in [2.24, 2.45) is 5.92 Å². The van der Waals surface area contributed by atoms with Gasteiger partial charge in [-0.25, -0.2) is 0 Å². The zero-order valence-electron chi connectivity index (χ0n) is 16.5. The molecule has 0 amide bonds. The van der Waals surface area contributed by atoms with Crippen molar-refractivity contribution >= 4 is 17.9 Å². The largest absolute Gasteiger partial charge is 0.466 e. The number of hydrogen-bond donors (Lipinski definition) is 0. The Labute approximate surface area is 160 Å². The first kappa shape index (κ1) is 22.6. The lowest BCUT2D eigenvalue weighted by molar-refractivity contribution is -0.163. The number of rotatable bonds is 11. The van der Waals surface area contributed by atoms with Gasteiger partial charge in [0.2, 0.25) is 0 Å². The van der Waals surface area contributed by atoms with Gasteiger partial charge in [-0.3, -0.25) is 19.3 Å². The second-order valence-corrected chi connectivity index (χ2v) is 5.93. The molecule has 7 heteroatoms. The van der Waals surface area contributed by atoms with Gasteiger partial charge >= 0.3 is 17.9 Å². The summed E-state index contributed by atoms with van der Waals surface area (Å²) >= 11 is 0. The van der Waals surface area contributed by atoms with Gasteiger partial charge < -0.3 is 14.2 Å². The highest BCUT2D eigenvalue weighted by Gasteiger charge is 2.38. The highest BCUT2D eigenvalue weighted by atomic mass is 16.5. The fourth-order valence-corrected chi connectivity index (χ4v) is 2.74. The monoisotopic (exact) mass is 379 g/mol. The van der Waals surface area contributed by atoms with Gasteiger partial charge in [-0.05, 0) is 33.3 Å². The summed E-state index contributed by atoms with van der Waals surface area (Å²) in [5.74, 6) is -2.36. The molecular formula is C20H29NO6. The van der Waals surface area contributed by atoms with E-state index in [4.69, 9.17) is 14.2 Å². The van der Waals surface area contributed by atoms with E-state index in [1.165, 1.54) is 0 Å². The van der Waals surface area contributed by atoms with E-state index in [2.05, 4.69) is 0 Å². The Morgan fingerprint density at radius 3 is 2.00 bits per heavy atom. The molecule has 0 bridgehead atoms. The minimum Gasteiger partial charge on any atom is -0.466 e. The van der Waals surface area contributed by atoms with Crippen LogP contribution in [0.25, 0.3) is 0 Å². The molecule has 0 aliphatic rings. The lowest BCUT2D eigenvalue weighted by atomic mass is 9.99. The lowest BCUT2D eigenvalue weighted by Gasteiger charge is -2.32. The first-order chi connectivity index (χ1) is 12.9. The Morgan fingerprint density at radius 1 is 0.889 bits per heavy atom. The van der Waals surface area contributed by atoms with Crippen molar-refractivity contribution in [1.29, 1.82) is 0 Å². The molecule has 0 aliphatic heterocycles. The summed E-state index contributed by atoms with van der Waals surface area (Å²) in [7, 11) is 0. The normalized spacial score (nSPS) is 12.9. The quantitative estimate of drug-likeness (QED) is 0.430. The highest BCUT2D eigenvalue weighted by molar-refractivity contribution is 5.85. The average Bonchev–Trinajstić information content (AvgIpc) is 2.63. The number of hydrogen-bond acceptors (Lipinski definition) is 7. The van der Waals surface area contributed by atoms with Crippen LogP contribution in [0.2, 0.25) is 0 Å². The van der Waals surface area contributed by atoms with Crippen molar-refractivity contribution in [2.75, 3.05) is 26.4 Å². The van der Waals surface area contributed by atoms with Crippen LogP contribution >= 0.6 is 0 Å². The number of carbonyl (C=O) groups is 3. The van der Waals surface area contributed by atoms with Gasteiger partial charge in [0.25, 0.3) is 0 Å². The molecule has 1 aromatic rings. The Balaban J connectivity index is 3.18. The summed E-state index contributed by atoms with van der Waals surface area (Å²) in [4.78, 5) is 38.6. The van der Waals surface area contributed by atoms with Gasteiger partial charge in [-0.15, -0.1) is 0 Å². The van der Waals surface area contributed by atoms with Crippen molar-refractivity contribution in [3.8, 4) is 0 Å². The molecule has 1 aromatic carbocycles. The molecule has 0 radical (unpaired) electrons. The van der Waals surface area contributed by atoms with Gasteiger partial charge in [0.1, 0.15) is 6.04 Å². The lowest BCUT2D eigenvalue weighted by Crippen LogP contribution is -2.50. The van der Waals surface area contributed by atoms with Crippen LogP contribution in [0.4, 0.5) is 0 Å². The maximum Gasteiger partial charge on any atom is 0.324 e. The maximum absolute atomic E-state index is 12.6. The van der Waals surface area contributed by atoms with Gasteiger partial charge in [-0.2, -0.15) is 0 Å². The third kappa shape index (κ3) is 7.38. The van der Waals surface area contributed by atoms with Crippen molar-refractivity contribution in [3.05, 3.63) is 35.9 Å². The molecule has 2 atom stereocenters. The topological polar surface area (TPSA) is 82.1 Å². The molecular weight excluding hydrogens is 350 g/mol. The second kappa shape index (κ2) is 12.1. The summed E-state index contributed by atoms with van der Waals surface area (Å²) < 4.78 is 15.3. The van der Waals surface area contributed by atoms with E-state index in [1.807, 2.05) is 30.3 Å². The minimum absolute atomic E-state index is 0.143. The number of benzene rings is 1. The van der Waals surface area contributed by atoms with Crippen LogP contribution < -0.4 is 0 Å². The average molecular weight is 379 g/mol. The molecule has 27 heavy (non-hydrogen) atoms. The number of nitrogens with zero attached hydrogens (tertiary/aromatic N) is 1. The smallest absolute Gasteiger partial charge is 0.324 e. The zero-order valence-corrected chi connectivity index (χ0v) is 16.5. The van der Waals surface area contributed by atoms with Gasteiger partial charge in [0.15, 0.2) is 0 Å². The first-order valence-corrected chi connectivity index (χ1v) is 9.21. The van der Waals surface area contributed by atoms with E-state index in [1.54, 1.807) is 32.6 Å². The van der Waals surface area contributed by atoms with E-state index in [0.717, 1.165) is 5.56 Å². The molecule has 150 valence electrons. The van der Waals surface area contributed by atoms with Crippen molar-refractivity contribution in [2.45, 2.75) is 40.3 Å². The Morgan fingerprint density at radius 2 is 1.44 bits per heavy atom. The van der Waals surface area contributed by atoms with Crippen LogP contribution in [0.1, 0.15) is 33.3 Å². The number of carbonyl (C=O) groups excluding carboxylic acids is 3. The maximum atomic E-state index is 12.6. The molecule has 0 spiro atoms. The minimum atomic E-state index is -0.964. The Hall–Kier alpha value is -2.41. The third-order valence-corrected chi connectivity index (χ3v) is 3.92. The van der Waals surface area contributed by atoms with Gasteiger partial charge in [0, 0.05) is 6.54 Å². The second-order valence-electron chi connectivity index (χ2n) is 5.93. The Bertz CT molecular complexity index is 604. The highest BCUT2D eigenvalue weighted by Crippen LogP contribution is 2.19. The third-order valence-electron chi connectivity index (χ3n) is 3.92. The van der Waals surface area contributed by atoms with E-state index >= 15 is 0 Å². The van der Waals surface area contributed by atoms with Gasteiger partial charge in [0.05, 0.1) is 32.3 Å². The molecule has 1 rings (SSSR count). The van der Waals surface area contributed by atoms with Crippen molar-refractivity contribution < 1.29 is 28.6 Å². The number of esters is 3. The molecule has 0 aromatic heterocycles. The molecule has 0 aliphatic carbocycles. The van der Waals surface area contributed by atoms with Crippen LogP contribution in [0.3, 0.4) is 0 Å². The van der Waals surface area contributed by atoms with Gasteiger partial charge in [-0.1, -0.05) is 30.3 Å². The van der Waals surface area contributed by atoms with Crippen LogP contribution in [-0.4, -0.2) is 55.2 Å². The predicted octanol–water partition coefficient (Wildman–Crippen LogP) is 2.18. The molecule has 0 fully saturated rings. The standard InChI is InChI=1S/C20H29NO6/c1-5-25-17(22)14-21(13-16-11-9-8-10-12-16)18(20(24)27-7-3)15(4)19(23)26-6-2/h8-12,15,18H,5-7,13-14H2,1-4H3. The predicted molar refractivity (Wildman–Crippen MR) is 99.7 cm³/mol. The van der Waals surface area contributed by atoms with E-state index in [0.29, 0.717) is 0 Å². The van der Waals surface area contributed by atoms with Crippen molar-refractivity contribution in [3.63, 3.8) is 0 Å². The van der Waals surface area contributed by atoms with Crippen LogP contribution in [-0.2, 0) is 35.1 Å². The fraction of sp³-hybridized carbons (Fsp3) is 0.550. The van der Waals surface area contributed by atoms with Crippen LogP contribution in [0.5, 0.6) is 0 Å². The summed E-state index contributed by atoms with van der Waals surface area (Å²) in [6.45, 7) is 7.45. The molecule has 2 unspecified atom stereocenters.